The van der Waals surface area contributed by atoms with Crippen LogP contribution in [0.15, 0.2) is 5.38 Å². The lowest BCUT2D eigenvalue weighted by atomic mass is 9.86. The van der Waals surface area contributed by atoms with Gasteiger partial charge in [-0.1, -0.05) is 12.8 Å². The minimum absolute atomic E-state index is 0. The summed E-state index contributed by atoms with van der Waals surface area (Å²) in [6.07, 6.45) is 4.73. The molecule has 2 fully saturated rings. The van der Waals surface area contributed by atoms with Crippen molar-refractivity contribution in [3.8, 4) is 0 Å². The third kappa shape index (κ3) is 4.84. The standard InChI is InChI=1S/C16H26N4O2S.2ClH/c1-12(18-15(21)13-11-23-14(10-17)19-13)16(4-2-3-5-16)20-6-8-22-9-7-20;;/h11-12H,2-10,17H2,1H3,(H,18,21);2*1H. The van der Waals surface area contributed by atoms with Crippen molar-refractivity contribution in [3.63, 3.8) is 0 Å². The molecule has 0 spiro atoms. The highest BCUT2D eigenvalue weighted by atomic mass is 35.5. The highest BCUT2D eigenvalue weighted by Crippen LogP contribution is 2.38. The zero-order valence-electron chi connectivity index (χ0n) is 14.5. The summed E-state index contributed by atoms with van der Waals surface area (Å²) in [6.45, 7) is 5.99. The molecule has 3 N–H and O–H groups in total. The van der Waals surface area contributed by atoms with E-state index < -0.39 is 0 Å². The summed E-state index contributed by atoms with van der Waals surface area (Å²) < 4.78 is 5.50. The van der Waals surface area contributed by atoms with Crippen LogP contribution in [0.25, 0.3) is 0 Å². The van der Waals surface area contributed by atoms with Crippen LogP contribution >= 0.6 is 36.2 Å². The van der Waals surface area contributed by atoms with Gasteiger partial charge in [-0.05, 0) is 19.8 Å². The van der Waals surface area contributed by atoms with Crippen LogP contribution in [0.2, 0.25) is 0 Å². The Hall–Kier alpha value is -0.440. The number of hydrogen-bond acceptors (Lipinski definition) is 6. The van der Waals surface area contributed by atoms with Crippen LogP contribution < -0.4 is 11.1 Å². The van der Waals surface area contributed by atoms with Crippen molar-refractivity contribution in [1.82, 2.24) is 15.2 Å². The molecule has 1 amide bonds. The van der Waals surface area contributed by atoms with Crippen molar-refractivity contribution in [2.75, 3.05) is 26.3 Å². The van der Waals surface area contributed by atoms with E-state index in [2.05, 4.69) is 22.1 Å². The van der Waals surface area contributed by atoms with Crippen molar-refractivity contribution in [1.29, 1.82) is 0 Å². The highest BCUT2D eigenvalue weighted by Gasteiger charge is 2.45. The molecule has 1 saturated heterocycles. The highest BCUT2D eigenvalue weighted by molar-refractivity contribution is 7.09. The summed E-state index contributed by atoms with van der Waals surface area (Å²) in [7, 11) is 0. The second-order valence-corrected chi connectivity index (χ2v) is 7.38. The van der Waals surface area contributed by atoms with Gasteiger partial charge >= 0.3 is 0 Å². The van der Waals surface area contributed by atoms with Gasteiger partial charge in [0, 0.05) is 36.6 Å². The third-order valence-electron chi connectivity index (χ3n) is 5.22. The van der Waals surface area contributed by atoms with Crippen LogP contribution in [-0.2, 0) is 11.3 Å². The molecule has 3 rings (SSSR count). The number of nitrogens with two attached hydrogens (primary N) is 1. The Morgan fingerprint density at radius 1 is 1.40 bits per heavy atom. The number of carbonyl (C=O) groups excluding carboxylic acids is 1. The fourth-order valence-corrected chi connectivity index (χ4v) is 4.59. The lowest BCUT2D eigenvalue weighted by Crippen LogP contribution is -2.62. The van der Waals surface area contributed by atoms with E-state index in [1.165, 1.54) is 24.2 Å². The van der Waals surface area contributed by atoms with Gasteiger partial charge in [-0.15, -0.1) is 36.2 Å². The number of ether oxygens (including phenoxy) is 1. The van der Waals surface area contributed by atoms with Gasteiger partial charge in [-0.3, -0.25) is 9.69 Å². The molecule has 0 radical (unpaired) electrons. The predicted molar refractivity (Wildman–Crippen MR) is 105 cm³/mol. The Morgan fingerprint density at radius 3 is 2.60 bits per heavy atom. The number of thiazole rings is 1. The fraction of sp³-hybridized carbons (Fsp3) is 0.750. The predicted octanol–water partition coefficient (Wildman–Crippen LogP) is 2.21. The first-order valence-corrected chi connectivity index (χ1v) is 9.32. The molecular formula is C16H28Cl2N4O2S. The number of nitrogens with one attached hydrogen (secondary N) is 1. The molecule has 2 heterocycles. The van der Waals surface area contributed by atoms with Crippen LogP contribution in [0.4, 0.5) is 0 Å². The maximum Gasteiger partial charge on any atom is 0.271 e. The van der Waals surface area contributed by atoms with Crippen LogP contribution in [0, 0.1) is 0 Å². The first-order chi connectivity index (χ1) is 11.2. The maximum absolute atomic E-state index is 12.5. The zero-order valence-corrected chi connectivity index (χ0v) is 17.0. The van der Waals surface area contributed by atoms with Gasteiger partial charge in [-0.25, -0.2) is 4.98 Å². The SMILES string of the molecule is CC(NC(=O)c1csc(CN)n1)C1(N2CCOCC2)CCCC1.Cl.Cl. The number of amides is 1. The smallest absolute Gasteiger partial charge is 0.271 e. The normalized spacial score (nSPS) is 21.0. The summed E-state index contributed by atoms with van der Waals surface area (Å²) in [5.74, 6) is -0.0898. The molecule has 25 heavy (non-hydrogen) atoms. The summed E-state index contributed by atoms with van der Waals surface area (Å²) in [4.78, 5) is 19.3. The van der Waals surface area contributed by atoms with E-state index in [1.54, 1.807) is 5.38 Å². The zero-order chi connectivity index (χ0) is 16.3. The quantitative estimate of drug-likeness (QED) is 0.777. The molecule has 144 valence electrons. The topological polar surface area (TPSA) is 80.5 Å². The second-order valence-electron chi connectivity index (χ2n) is 6.44. The van der Waals surface area contributed by atoms with Gasteiger partial charge in [0.25, 0.3) is 5.91 Å². The van der Waals surface area contributed by atoms with E-state index in [0.717, 1.165) is 44.2 Å². The van der Waals surface area contributed by atoms with Crippen molar-refractivity contribution < 1.29 is 9.53 Å². The Labute approximate surface area is 165 Å². The van der Waals surface area contributed by atoms with E-state index in [9.17, 15) is 4.79 Å². The van der Waals surface area contributed by atoms with E-state index in [4.69, 9.17) is 10.5 Å². The lowest BCUT2D eigenvalue weighted by Gasteiger charge is -2.47. The van der Waals surface area contributed by atoms with Gasteiger partial charge in [-0.2, -0.15) is 0 Å². The van der Waals surface area contributed by atoms with E-state index in [1.807, 2.05) is 0 Å². The molecule has 1 aliphatic heterocycles. The number of aromatic nitrogens is 1. The minimum atomic E-state index is -0.0898. The molecule has 0 aromatic carbocycles. The number of nitrogens with zero attached hydrogens (tertiary/aromatic N) is 2. The van der Waals surface area contributed by atoms with Gasteiger partial charge < -0.3 is 15.8 Å². The van der Waals surface area contributed by atoms with Crippen molar-refractivity contribution in [2.24, 2.45) is 5.73 Å². The minimum Gasteiger partial charge on any atom is -0.379 e. The monoisotopic (exact) mass is 410 g/mol. The summed E-state index contributed by atoms with van der Waals surface area (Å²) in [5.41, 5.74) is 6.13. The summed E-state index contributed by atoms with van der Waals surface area (Å²) >= 11 is 1.44. The Morgan fingerprint density at radius 2 is 2.04 bits per heavy atom. The molecule has 1 aliphatic carbocycles. The van der Waals surface area contributed by atoms with Gasteiger partial charge in [0.1, 0.15) is 10.7 Å². The average Bonchev–Trinajstić information content (AvgIpc) is 3.25. The number of carbonyl (C=O) groups is 1. The summed E-state index contributed by atoms with van der Waals surface area (Å²) in [5, 5.41) is 5.79. The van der Waals surface area contributed by atoms with Crippen molar-refractivity contribution in [3.05, 3.63) is 16.1 Å². The molecule has 2 aliphatic rings. The van der Waals surface area contributed by atoms with Gasteiger partial charge in [0.15, 0.2) is 0 Å². The number of hydrogen-bond donors (Lipinski definition) is 2. The first-order valence-electron chi connectivity index (χ1n) is 8.44. The third-order valence-corrected chi connectivity index (χ3v) is 6.09. The van der Waals surface area contributed by atoms with E-state index >= 15 is 0 Å². The van der Waals surface area contributed by atoms with Crippen molar-refractivity contribution in [2.45, 2.75) is 50.7 Å². The molecule has 6 nitrogen and oxygen atoms in total. The number of rotatable bonds is 5. The molecule has 1 atom stereocenters. The number of halogens is 2. The van der Waals surface area contributed by atoms with Gasteiger partial charge in [0.05, 0.1) is 13.2 Å². The van der Waals surface area contributed by atoms with E-state index in [0.29, 0.717) is 12.2 Å². The maximum atomic E-state index is 12.5. The average molecular weight is 411 g/mol. The lowest BCUT2D eigenvalue weighted by molar-refractivity contribution is -0.0323. The molecule has 9 heteroatoms. The number of morpholine rings is 1. The Bertz CT molecular complexity index is 546. The van der Waals surface area contributed by atoms with Crippen LogP contribution in [0.5, 0.6) is 0 Å². The summed E-state index contributed by atoms with van der Waals surface area (Å²) in [6, 6.07) is 0.0960. The molecular weight excluding hydrogens is 383 g/mol. The first kappa shape index (κ1) is 22.6. The van der Waals surface area contributed by atoms with Gasteiger partial charge in [0.2, 0.25) is 0 Å². The van der Waals surface area contributed by atoms with Crippen LogP contribution in [0.3, 0.4) is 0 Å². The fourth-order valence-electron chi connectivity index (χ4n) is 3.93. The largest absolute Gasteiger partial charge is 0.379 e. The second kappa shape index (κ2) is 10.0. The molecule has 1 saturated carbocycles. The Balaban J connectivity index is 0.00000156. The molecule has 1 aromatic rings. The molecule has 0 bridgehead atoms. The van der Waals surface area contributed by atoms with Crippen LogP contribution in [-0.4, -0.2) is 53.7 Å². The van der Waals surface area contributed by atoms with E-state index in [-0.39, 0.29) is 42.3 Å². The Kier molecular flexibility index (Phi) is 9.08. The molecule has 1 aromatic heterocycles. The van der Waals surface area contributed by atoms with Crippen molar-refractivity contribution >= 4 is 42.1 Å². The molecule has 1 unspecified atom stereocenters. The van der Waals surface area contributed by atoms with Crippen LogP contribution in [0.1, 0.15) is 48.1 Å².